The molecule has 0 rings (SSSR count). The van der Waals surface area contributed by atoms with Crippen molar-refractivity contribution in [2.75, 3.05) is 13.2 Å². The number of esters is 3. The number of ether oxygens (including phenoxy) is 3. The average molecular weight is 974 g/mol. The third kappa shape index (κ3) is 55.3. The molecule has 0 radical (unpaired) electrons. The summed E-state index contributed by atoms with van der Waals surface area (Å²) < 4.78 is 16.9. The Bertz CT molecular complexity index is 1400. The Morgan fingerprint density at radius 1 is 0.300 bits per heavy atom. The van der Waals surface area contributed by atoms with Gasteiger partial charge in [-0.05, 0) is 122 Å². The van der Waals surface area contributed by atoms with Crippen LogP contribution in [0.2, 0.25) is 0 Å². The summed E-state index contributed by atoms with van der Waals surface area (Å²) in [5.41, 5.74) is 0. The third-order valence-corrected chi connectivity index (χ3v) is 12.3. The summed E-state index contributed by atoms with van der Waals surface area (Å²) >= 11 is 0. The molecule has 0 aromatic carbocycles. The first-order valence-corrected chi connectivity index (χ1v) is 29.2. The highest BCUT2D eigenvalue weighted by Gasteiger charge is 2.19. The second-order valence-corrected chi connectivity index (χ2v) is 19.2. The summed E-state index contributed by atoms with van der Waals surface area (Å²) in [6, 6.07) is 0. The lowest BCUT2D eigenvalue weighted by atomic mass is 10.1. The first kappa shape index (κ1) is 66.3. The lowest BCUT2D eigenvalue weighted by Gasteiger charge is -2.18. The lowest BCUT2D eigenvalue weighted by Crippen LogP contribution is -2.30. The van der Waals surface area contributed by atoms with Gasteiger partial charge in [0.25, 0.3) is 0 Å². The SMILES string of the molecule is CC/C=C\C/C=C\C/C=C\C/C=C\C/C=C\CCCCCCCC(=O)OCC(COC(=O)CCCCCCC/C=C\C/C=C\CCCCC)OC(=O)CCCCCCC/C=C\CCCCCCCCC. The molecule has 0 aliphatic carbocycles. The molecule has 0 aromatic rings. The van der Waals surface area contributed by atoms with Gasteiger partial charge in [-0.15, -0.1) is 0 Å². The van der Waals surface area contributed by atoms with E-state index in [1.54, 1.807) is 0 Å². The van der Waals surface area contributed by atoms with Crippen molar-refractivity contribution in [3.05, 3.63) is 97.2 Å². The summed E-state index contributed by atoms with van der Waals surface area (Å²) in [5.74, 6) is -0.931. The fourth-order valence-electron chi connectivity index (χ4n) is 7.91. The van der Waals surface area contributed by atoms with Crippen molar-refractivity contribution >= 4 is 17.9 Å². The van der Waals surface area contributed by atoms with Crippen LogP contribution in [0.4, 0.5) is 0 Å². The van der Waals surface area contributed by atoms with Crippen molar-refractivity contribution in [3.63, 3.8) is 0 Å². The van der Waals surface area contributed by atoms with Crippen LogP contribution in [0.25, 0.3) is 0 Å². The summed E-state index contributed by atoms with van der Waals surface area (Å²) in [7, 11) is 0. The van der Waals surface area contributed by atoms with Crippen LogP contribution in [-0.4, -0.2) is 37.2 Å². The molecule has 0 spiro atoms. The topological polar surface area (TPSA) is 78.9 Å². The number of carbonyl (C=O) groups excluding carboxylic acids is 3. The fourth-order valence-corrected chi connectivity index (χ4v) is 7.91. The molecule has 70 heavy (non-hydrogen) atoms. The maximum Gasteiger partial charge on any atom is 0.306 e. The van der Waals surface area contributed by atoms with E-state index in [0.717, 1.165) is 148 Å². The van der Waals surface area contributed by atoms with Crippen molar-refractivity contribution in [2.24, 2.45) is 0 Å². The van der Waals surface area contributed by atoms with Gasteiger partial charge in [-0.3, -0.25) is 14.4 Å². The molecule has 400 valence electrons. The van der Waals surface area contributed by atoms with E-state index in [-0.39, 0.29) is 31.1 Å². The molecule has 6 heteroatoms. The molecular weight excluding hydrogens is 865 g/mol. The normalized spacial score (nSPS) is 12.8. The minimum absolute atomic E-state index is 0.0948. The molecule has 0 fully saturated rings. The van der Waals surface area contributed by atoms with Crippen LogP contribution in [0.15, 0.2) is 97.2 Å². The molecule has 0 aromatic heterocycles. The Labute approximate surface area is 432 Å². The zero-order chi connectivity index (χ0) is 50.7. The molecule has 0 bridgehead atoms. The smallest absolute Gasteiger partial charge is 0.306 e. The maximum atomic E-state index is 12.9. The number of allylic oxidation sites excluding steroid dienone is 16. The number of hydrogen-bond donors (Lipinski definition) is 0. The number of carbonyl (C=O) groups is 3. The largest absolute Gasteiger partial charge is 0.462 e. The summed E-state index contributed by atoms with van der Waals surface area (Å²) in [6.07, 6.45) is 76.8. The number of rotatable bonds is 52. The molecule has 1 atom stereocenters. The summed E-state index contributed by atoms with van der Waals surface area (Å²) in [4.78, 5) is 38.2. The Balaban J connectivity index is 4.45. The van der Waals surface area contributed by atoms with E-state index in [2.05, 4.69) is 118 Å². The van der Waals surface area contributed by atoms with Crippen LogP contribution < -0.4 is 0 Å². The second kappa shape index (κ2) is 57.9. The van der Waals surface area contributed by atoms with Gasteiger partial charge < -0.3 is 14.2 Å². The highest BCUT2D eigenvalue weighted by atomic mass is 16.6. The van der Waals surface area contributed by atoms with E-state index >= 15 is 0 Å². The van der Waals surface area contributed by atoms with E-state index in [1.807, 2.05) is 0 Å². The first-order chi connectivity index (χ1) is 34.5. The third-order valence-electron chi connectivity index (χ3n) is 12.3. The Kier molecular flexibility index (Phi) is 54.9. The van der Waals surface area contributed by atoms with Crippen molar-refractivity contribution in [2.45, 2.75) is 277 Å². The summed E-state index contributed by atoms with van der Waals surface area (Å²) in [5, 5.41) is 0. The van der Waals surface area contributed by atoms with Gasteiger partial charge in [0.05, 0.1) is 0 Å². The van der Waals surface area contributed by atoms with Gasteiger partial charge in [-0.25, -0.2) is 0 Å². The quantitative estimate of drug-likeness (QED) is 0.0262. The lowest BCUT2D eigenvalue weighted by molar-refractivity contribution is -0.167. The Hall–Kier alpha value is -3.67. The van der Waals surface area contributed by atoms with Crippen LogP contribution >= 0.6 is 0 Å². The second-order valence-electron chi connectivity index (χ2n) is 19.2. The predicted octanol–water partition coefficient (Wildman–Crippen LogP) is 19.7. The van der Waals surface area contributed by atoms with E-state index < -0.39 is 6.10 Å². The molecule has 0 saturated heterocycles. The van der Waals surface area contributed by atoms with Crippen molar-refractivity contribution < 1.29 is 28.6 Å². The first-order valence-electron chi connectivity index (χ1n) is 29.2. The maximum absolute atomic E-state index is 12.9. The molecule has 0 amide bonds. The Morgan fingerprint density at radius 2 is 0.557 bits per heavy atom. The van der Waals surface area contributed by atoms with E-state index in [9.17, 15) is 14.4 Å². The van der Waals surface area contributed by atoms with Gasteiger partial charge >= 0.3 is 17.9 Å². The van der Waals surface area contributed by atoms with E-state index in [4.69, 9.17) is 14.2 Å². The molecule has 0 N–H and O–H groups in total. The predicted molar refractivity (Wildman–Crippen MR) is 302 cm³/mol. The van der Waals surface area contributed by atoms with Crippen LogP contribution in [0.1, 0.15) is 271 Å². The molecular formula is C64H108O6. The fraction of sp³-hybridized carbons (Fsp3) is 0.703. The number of unbranched alkanes of at least 4 members (excludes halogenated alkanes) is 25. The summed E-state index contributed by atoms with van der Waals surface area (Å²) in [6.45, 7) is 6.47. The minimum atomic E-state index is -0.797. The monoisotopic (exact) mass is 973 g/mol. The van der Waals surface area contributed by atoms with Crippen LogP contribution in [0, 0.1) is 0 Å². The highest BCUT2D eigenvalue weighted by molar-refractivity contribution is 5.71. The molecule has 0 aliphatic heterocycles. The van der Waals surface area contributed by atoms with Gasteiger partial charge in [-0.1, -0.05) is 227 Å². The van der Waals surface area contributed by atoms with Gasteiger partial charge in [0.1, 0.15) is 13.2 Å². The highest BCUT2D eigenvalue weighted by Crippen LogP contribution is 2.14. The van der Waals surface area contributed by atoms with E-state index in [1.165, 1.54) is 83.5 Å². The van der Waals surface area contributed by atoms with E-state index in [0.29, 0.717) is 19.3 Å². The van der Waals surface area contributed by atoms with Crippen LogP contribution in [0.5, 0.6) is 0 Å². The van der Waals surface area contributed by atoms with Crippen molar-refractivity contribution in [1.82, 2.24) is 0 Å². The molecule has 0 aliphatic rings. The minimum Gasteiger partial charge on any atom is -0.462 e. The Morgan fingerprint density at radius 3 is 0.914 bits per heavy atom. The zero-order valence-corrected chi connectivity index (χ0v) is 45.8. The zero-order valence-electron chi connectivity index (χ0n) is 45.8. The van der Waals surface area contributed by atoms with Gasteiger partial charge in [-0.2, -0.15) is 0 Å². The number of hydrogen-bond acceptors (Lipinski definition) is 6. The molecule has 0 heterocycles. The van der Waals surface area contributed by atoms with Crippen molar-refractivity contribution in [1.29, 1.82) is 0 Å². The molecule has 0 saturated carbocycles. The van der Waals surface area contributed by atoms with Gasteiger partial charge in [0, 0.05) is 19.3 Å². The molecule has 6 nitrogen and oxygen atoms in total. The van der Waals surface area contributed by atoms with Crippen LogP contribution in [0.3, 0.4) is 0 Å². The van der Waals surface area contributed by atoms with Crippen LogP contribution in [-0.2, 0) is 28.6 Å². The van der Waals surface area contributed by atoms with Crippen molar-refractivity contribution in [3.8, 4) is 0 Å². The average Bonchev–Trinajstić information content (AvgIpc) is 3.36. The van der Waals surface area contributed by atoms with Gasteiger partial charge in [0.15, 0.2) is 6.10 Å². The standard InChI is InChI=1S/C64H108O6/c1-4-7-10-13-16-19-22-25-28-30-31-32-33-34-37-39-42-45-48-51-54-57-63(66)69-60-61(59-68-62(65)56-53-50-47-44-41-38-35-27-24-21-18-15-12-9-6-3)70-64(67)58-55-52-49-46-43-40-36-29-26-23-20-17-14-11-8-5-2/h7,10,16,18-19,21,25,27-29,31-32,34-37,61H,4-6,8-9,11-15,17,20,22-24,26,30,33,38-60H2,1-3H3/b10-7-,19-16-,21-18-,28-25-,32-31-,35-27-,36-29-,37-34-. The molecule has 1 unspecified atom stereocenters. The van der Waals surface area contributed by atoms with Gasteiger partial charge in [0.2, 0.25) is 0 Å².